The van der Waals surface area contributed by atoms with E-state index in [9.17, 15) is 9.32 Å². The molecule has 104 valence electrons. The van der Waals surface area contributed by atoms with E-state index in [0.717, 1.165) is 29.3 Å². The molecule has 0 saturated carbocycles. The van der Waals surface area contributed by atoms with Crippen molar-refractivity contribution in [3.63, 3.8) is 0 Å². The van der Waals surface area contributed by atoms with Crippen molar-refractivity contribution in [2.45, 2.75) is 41.8 Å². The lowest BCUT2D eigenvalue weighted by molar-refractivity contribution is 0.0186. The maximum absolute atomic E-state index is 12.1. The monoisotopic (exact) mass is 287 g/mol. The van der Waals surface area contributed by atoms with E-state index in [0.29, 0.717) is 12.8 Å². The molecular formula is C16H17NO2S. The zero-order chi connectivity index (χ0) is 13.7. The molecule has 0 spiro atoms. The van der Waals surface area contributed by atoms with E-state index in [1.165, 1.54) is 0 Å². The fourth-order valence-corrected chi connectivity index (χ4v) is 5.84. The van der Waals surface area contributed by atoms with Gasteiger partial charge in [0.25, 0.3) is 0 Å². The highest BCUT2D eigenvalue weighted by Crippen LogP contribution is 2.46. The molecule has 2 unspecified atom stereocenters. The molecule has 3 heterocycles. The van der Waals surface area contributed by atoms with Crippen LogP contribution in [-0.2, 0) is 16.4 Å². The molecule has 1 aromatic carbocycles. The Kier molecular flexibility index (Phi) is 2.72. The Labute approximate surface area is 120 Å². The van der Waals surface area contributed by atoms with Gasteiger partial charge < -0.3 is 5.11 Å². The van der Waals surface area contributed by atoms with Gasteiger partial charge in [-0.1, -0.05) is 12.1 Å². The molecule has 0 aliphatic carbocycles. The van der Waals surface area contributed by atoms with E-state index in [4.69, 9.17) is 0 Å². The fourth-order valence-electron chi connectivity index (χ4n) is 3.68. The highest BCUT2D eigenvalue weighted by Gasteiger charge is 2.48. The summed E-state index contributed by atoms with van der Waals surface area (Å²) in [7, 11) is -0.738. The maximum Gasteiger partial charge on any atom is 0.0919 e. The van der Waals surface area contributed by atoms with Crippen LogP contribution in [-0.4, -0.2) is 24.8 Å². The number of pyridine rings is 1. The van der Waals surface area contributed by atoms with E-state index in [-0.39, 0.29) is 10.5 Å². The summed E-state index contributed by atoms with van der Waals surface area (Å²) in [5.74, 6) is 0. The average molecular weight is 287 g/mol. The van der Waals surface area contributed by atoms with Crippen LogP contribution in [0.2, 0.25) is 0 Å². The predicted molar refractivity (Wildman–Crippen MR) is 79.8 cm³/mol. The zero-order valence-corrected chi connectivity index (χ0v) is 12.0. The van der Waals surface area contributed by atoms with Gasteiger partial charge in [-0.2, -0.15) is 0 Å². The van der Waals surface area contributed by atoms with Gasteiger partial charge >= 0.3 is 0 Å². The number of hydrogen-bond donors (Lipinski definition) is 1. The summed E-state index contributed by atoms with van der Waals surface area (Å²) in [6.07, 6.45) is 5.02. The van der Waals surface area contributed by atoms with Crippen molar-refractivity contribution in [3.8, 4) is 0 Å². The van der Waals surface area contributed by atoms with Gasteiger partial charge in [0, 0.05) is 32.9 Å². The summed E-state index contributed by atoms with van der Waals surface area (Å²) in [5, 5.41) is 12.4. The molecule has 2 bridgehead atoms. The standard InChI is InChI=1S/C16H17NO2S/c18-16(9-13-4-5-14(10-16)20(13)19)12-3-6-15-11(8-12)2-1-7-17-15/h1-3,6-8,13-14,18H,4-5,9-10H2. The summed E-state index contributed by atoms with van der Waals surface area (Å²) in [4.78, 5) is 4.31. The second-order valence-electron chi connectivity index (χ2n) is 6.00. The third kappa shape index (κ3) is 1.82. The normalized spacial score (nSPS) is 36.4. The maximum atomic E-state index is 12.1. The van der Waals surface area contributed by atoms with Crippen LogP contribution in [0.4, 0.5) is 0 Å². The minimum Gasteiger partial charge on any atom is -0.385 e. The summed E-state index contributed by atoms with van der Waals surface area (Å²) in [6, 6.07) is 9.91. The van der Waals surface area contributed by atoms with Crippen LogP contribution in [0.3, 0.4) is 0 Å². The predicted octanol–water partition coefficient (Wildman–Crippen LogP) is 2.50. The second kappa shape index (κ2) is 4.37. The van der Waals surface area contributed by atoms with Crippen LogP contribution in [0, 0.1) is 0 Å². The summed E-state index contributed by atoms with van der Waals surface area (Å²) < 4.78 is 12.1. The van der Waals surface area contributed by atoms with Crippen LogP contribution in [0.1, 0.15) is 31.2 Å². The van der Waals surface area contributed by atoms with Crippen molar-refractivity contribution in [1.29, 1.82) is 0 Å². The van der Waals surface area contributed by atoms with Gasteiger partial charge in [0.2, 0.25) is 0 Å². The first kappa shape index (κ1) is 12.5. The molecule has 2 aliphatic heterocycles. The number of hydrogen-bond acceptors (Lipinski definition) is 3. The van der Waals surface area contributed by atoms with Crippen LogP contribution in [0.5, 0.6) is 0 Å². The van der Waals surface area contributed by atoms with Gasteiger partial charge in [-0.3, -0.25) is 9.19 Å². The Morgan fingerprint density at radius 3 is 2.70 bits per heavy atom. The van der Waals surface area contributed by atoms with Crippen LogP contribution in [0.15, 0.2) is 36.5 Å². The largest absolute Gasteiger partial charge is 0.385 e. The summed E-state index contributed by atoms with van der Waals surface area (Å²) >= 11 is 0. The topological polar surface area (TPSA) is 50.2 Å². The minimum atomic E-state index is -0.816. The molecule has 4 rings (SSSR count). The SMILES string of the molecule is O=S1C2CCC1CC(O)(c1ccc3ncccc3c1)C2. The highest BCUT2D eigenvalue weighted by molar-refractivity contribution is 7.86. The van der Waals surface area contributed by atoms with Gasteiger partial charge in [0.15, 0.2) is 0 Å². The minimum absolute atomic E-state index is 0.170. The molecular weight excluding hydrogens is 270 g/mol. The van der Waals surface area contributed by atoms with Crippen molar-refractivity contribution in [2.75, 3.05) is 0 Å². The van der Waals surface area contributed by atoms with E-state index in [1.54, 1.807) is 6.20 Å². The third-order valence-electron chi connectivity index (χ3n) is 4.74. The van der Waals surface area contributed by atoms with E-state index in [1.807, 2.05) is 30.3 Å². The lowest BCUT2D eigenvalue weighted by Gasteiger charge is -2.36. The fraction of sp³-hybridized carbons (Fsp3) is 0.438. The van der Waals surface area contributed by atoms with Crippen molar-refractivity contribution in [2.24, 2.45) is 0 Å². The van der Waals surface area contributed by atoms with Gasteiger partial charge in [-0.15, -0.1) is 0 Å². The number of fused-ring (bicyclic) bond motifs is 3. The smallest absolute Gasteiger partial charge is 0.0919 e. The Hall–Kier alpha value is -1.26. The van der Waals surface area contributed by atoms with E-state index in [2.05, 4.69) is 4.98 Å². The Morgan fingerprint density at radius 1 is 1.20 bits per heavy atom. The molecule has 2 fully saturated rings. The van der Waals surface area contributed by atoms with Crippen LogP contribution in [0.25, 0.3) is 10.9 Å². The van der Waals surface area contributed by atoms with Crippen LogP contribution < -0.4 is 0 Å². The molecule has 20 heavy (non-hydrogen) atoms. The zero-order valence-electron chi connectivity index (χ0n) is 11.2. The van der Waals surface area contributed by atoms with Gasteiger partial charge in [-0.05, 0) is 49.4 Å². The van der Waals surface area contributed by atoms with Crippen molar-refractivity contribution < 1.29 is 9.32 Å². The lowest BCUT2D eigenvalue weighted by Crippen LogP contribution is -2.40. The average Bonchev–Trinajstić information content (AvgIpc) is 2.70. The molecule has 0 radical (unpaired) electrons. The highest BCUT2D eigenvalue weighted by atomic mass is 32.2. The summed E-state index contributed by atoms with van der Waals surface area (Å²) in [6.45, 7) is 0. The number of rotatable bonds is 1. The molecule has 2 aromatic rings. The van der Waals surface area contributed by atoms with E-state index >= 15 is 0 Å². The van der Waals surface area contributed by atoms with Crippen molar-refractivity contribution >= 4 is 21.7 Å². The number of benzene rings is 1. The Balaban J connectivity index is 1.76. The number of nitrogens with zero attached hydrogens (tertiary/aromatic N) is 1. The molecule has 1 aromatic heterocycles. The molecule has 2 saturated heterocycles. The molecule has 4 heteroatoms. The molecule has 2 atom stereocenters. The first-order chi connectivity index (χ1) is 9.66. The first-order valence-electron chi connectivity index (χ1n) is 7.13. The van der Waals surface area contributed by atoms with E-state index < -0.39 is 16.4 Å². The van der Waals surface area contributed by atoms with Gasteiger partial charge in [-0.25, -0.2) is 0 Å². The van der Waals surface area contributed by atoms with Crippen LogP contribution >= 0.6 is 0 Å². The number of aliphatic hydroxyl groups is 1. The second-order valence-corrected chi connectivity index (χ2v) is 7.99. The molecule has 2 aliphatic rings. The molecule has 0 amide bonds. The summed E-state index contributed by atoms with van der Waals surface area (Å²) in [5.41, 5.74) is 1.08. The molecule has 1 N–H and O–H groups in total. The van der Waals surface area contributed by atoms with Gasteiger partial charge in [0.1, 0.15) is 0 Å². The Bertz CT molecular complexity index is 684. The van der Waals surface area contributed by atoms with Crippen molar-refractivity contribution in [3.05, 3.63) is 42.1 Å². The first-order valence-corrected chi connectivity index (χ1v) is 8.40. The Morgan fingerprint density at radius 2 is 1.95 bits per heavy atom. The number of aromatic nitrogens is 1. The third-order valence-corrected chi connectivity index (χ3v) is 6.86. The van der Waals surface area contributed by atoms with Crippen molar-refractivity contribution in [1.82, 2.24) is 4.98 Å². The quantitative estimate of drug-likeness (QED) is 0.876. The lowest BCUT2D eigenvalue weighted by atomic mass is 9.85. The van der Waals surface area contributed by atoms with Gasteiger partial charge in [0.05, 0.1) is 11.1 Å². The molecule has 3 nitrogen and oxygen atoms in total.